The Morgan fingerprint density at radius 3 is 2.57 bits per heavy atom. The van der Waals surface area contributed by atoms with Crippen LogP contribution >= 0.6 is 11.8 Å². The minimum Gasteiger partial charge on any atom is -0.487 e. The number of rotatable bonds is 4. The van der Waals surface area contributed by atoms with Crippen LogP contribution in [-0.4, -0.2) is 10.9 Å². The first-order valence-electron chi connectivity index (χ1n) is 10.2. The Morgan fingerprint density at radius 2 is 1.86 bits per heavy atom. The molecule has 2 atom stereocenters. The normalized spacial score (nSPS) is 26.3. The van der Waals surface area contributed by atoms with Crippen LogP contribution < -0.4 is 4.74 Å². The fourth-order valence-electron chi connectivity index (χ4n) is 4.79. The molecule has 1 aliphatic heterocycles. The van der Waals surface area contributed by atoms with Gasteiger partial charge in [0.2, 0.25) is 0 Å². The lowest BCUT2D eigenvalue weighted by Crippen LogP contribution is -2.38. The van der Waals surface area contributed by atoms with Gasteiger partial charge in [0.15, 0.2) is 0 Å². The van der Waals surface area contributed by atoms with Crippen LogP contribution in [0.3, 0.4) is 0 Å². The molecular formula is C25H29FOS. The lowest BCUT2D eigenvalue weighted by molar-refractivity contribution is 0.0461. The van der Waals surface area contributed by atoms with Gasteiger partial charge >= 0.3 is 0 Å². The van der Waals surface area contributed by atoms with E-state index in [4.69, 9.17) is 4.74 Å². The van der Waals surface area contributed by atoms with Crippen molar-refractivity contribution in [1.82, 2.24) is 0 Å². The Hall–Kier alpha value is -1.74. The van der Waals surface area contributed by atoms with E-state index in [0.29, 0.717) is 5.25 Å². The van der Waals surface area contributed by atoms with Crippen LogP contribution in [0.4, 0.5) is 4.39 Å². The van der Waals surface area contributed by atoms with E-state index >= 15 is 0 Å². The molecule has 1 nitrogen and oxygen atoms in total. The topological polar surface area (TPSA) is 9.23 Å². The van der Waals surface area contributed by atoms with E-state index in [1.165, 1.54) is 22.1 Å². The number of aryl methyl sites for hydroxylation is 1. The van der Waals surface area contributed by atoms with Crippen LogP contribution in [0.5, 0.6) is 5.75 Å². The van der Waals surface area contributed by atoms with Gasteiger partial charge in [0.25, 0.3) is 0 Å². The average molecular weight is 397 g/mol. The molecule has 0 bridgehead atoms. The third kappa shape index (κ3) is 3.74. The average Bonchev–Trinajstić information content (AvgIpc) is 2.99. The van der Waals surface area contributed by atoms with Gasteiger partial charge < -0.3 is 4.74 Å². The molecule has 2 aliphatic rings. The van der Waals surface area contributed by atoms with Crippen molar-refractivity contribution in [3.8, 4) is 5.75 Å². The van der Waals surface area contributed by atoms with Crippen molar-refractivity contribution >= 4 is 17.3 Å². The van der Waals surface area contributed by atoms with Crippen LogP contribution in [0.2, 0.25) is 0 Å². The molecule has 2 aromatic carbocycles. The Balaban J connectivity index is 1.50. The highest BCUT2D eigenvalue weighted by molar-refractivity contribution is 7.99. The quantitative estimate of drug-likeness (QED) is 0.502. The summed E-state index contributed by atoms with van der Waals surface area (Å²) in [6.45, 7) is 11.2. The molecule has 28 heavy (non-hydrogen) atoms. The zero-order valence-corrected chi connectivity index (χ0v) is 17.9. The van der Waals surface area contributed by atoms with Gasteiger partial charge in [0, 0.05) is 10.1 Å². The van der Waals surface area contributed by atoms with E-state index < -0.39 is 0 Å². The molecule has 0 radical (unpaired) electrons. The van der Waals surface area contributed by atoms with E-state index in [9.17, 15) is 4.39 Å². The third-order valence-electron chi connectivity index (χ3n) is 6.35. The van der Waals surface area contributed by atoms with Crippen LogP contribution in [0.1, 0.15) is 57.6 Å². The highest BCUT2D eigenvalue weighted by Crippen LogP contribution is 2.55. The van der Waals surface area contributed by atoms with Crippen LogP contribution in [0, 0.1) is 11.2 Å². The minimum atomic E-state index is -0.179. The number of ether oxygens (including phenoxy) is 1. The number of benzene rings is 2. The summed E-state index contributed by atoms with van der Waals surface area (Å²) >= 11 is 1.89. The highest BCUT2D eigenvalue weighted by Gasteiger charge is 2.50. The van der Waals surface area contributed by atoms with Gasteiger partial charge in [0.05, 0.1) is 0 Å². The largest absolute Gasteiger partial charge is 0.487 e. The van der Waals surface area contributed by atoms with E-state index in [1.807, 2.05) is 11.8 Å². The van der Waals surface area contributed by atoms with Crippen LogP contribution in [0.25, 0.3) is 5.57 Å². The molecule has 1 spiro atoms. The maximum absolute atomic E-state index is 13.5. The Kier molecular flexibility index (Phi) is 5.07. The second kappa shape index (κ2) is 7.26. The SMILES string of the molecule is C=C(c1ccc(SC(C)C)cc1)C1(C)CCC2(CCc3cc(F)ccc3O2)C1. The minimum absolute atomic E-state index is 0.0320. The van der Waals surface area contributed by atoms with Gasteiger partial charge in [0.1, 0.15) is 17.2 Å². The van der Waals surface area contributed by atoms with Gasteiger partial charge in [-0.2, -0.15) is 0 Å². The molecule has 1 saturated carbocycles. The second-order valence-corrected chi connectivity index (χ2v) is 10.6. The third-order valence-corrected chi connectivity index (χ3v) is 7.36. The first kappa shape index (κ1) is 19.6. The van der Waals surface area contributed by atoms with Crippen LogP contribution in [-0.2, 0) is 6.42 Å². The molecule has 0 N–H and O–H groups in total. The summed E-state index contributed by atoms with van der Waals surface area (Å²) in [5.74, 6) is 0.680. The van der Waals surface area contributed by atoms with Gasteiger partial charge in [-0.1, -0.05) is 39.5 Å². The van der Waals surface area contributed by atoms with E-state index in [0.717, 1.165) is 43.4 Å². The summed E-state index contributed by atoms with van der Waals surface area (Å²) in [7, 11) is 0. The number of fused-ring (bicyclic) bond motifs is 1. The molecule has 4 rings (SSSR count). The molecule has 1 fully saturated rings. The van der Waals surface area contributed by atoms with Crippen molar-refractivity contribution in [2.24, 2.45) is 5.41 Å². The summed E-state index contributed by atoms with van der Waals surface area (Å²) in [4.78, 5) is 1.30. The van der Waals surface area contributed by atoms with Gasteiger partial charge in [-0.3, -0.25) is 0 Å². The van der Waals surface area contributed by atoms with Crippen molar-refractivity contribution in [3.05, 3.63) is 66.0 Å². The summed E-state index contributed by atoms with van der Waals surface area (Å²) in [6, 6.07) is 13.8. The van der Waals surface area contributed by atoms with E-state index in [-0.39, 0.29) is 16.8 Å². The predicted molar refractivity (Wildman–Crippen MR) is 117 cm³/mol. The number of hydrogen-bond acceptors (Lipinski definition) is 2. The predicted octanol–water partition coefficient (Wildman–Crippen LogP) is 7.29. The van der Waals surface area contributed by atoms with Crippen molar-refractivity contribution in [2.45, 2.75) is 68.6 Å². The fraction of sp³-hybridized carbons (Fsp3) is 0.440. The lowest BCUT2D eigenvalue weighted by Gasteiger charge is -2.38. The molecule has 0 aromatic heterocycles. The smallest absolute Gasteiger partial charge is 0.123 e. The zero-order chi connectivity index (χ0) is 19.9. The van der Waals surface area contributed by atoms with Gasteiger partial charge in [-0.25, -0.2) is 4.39 Å². The summed E-state index contributed by atoms with van der Waals surface area (Å²) in [6.07, 6.45) is 4.91. The van der Waals surface area contributed by atoms with Crippen LogP contribution in [0.15, 0.2) is 53.9 Å². The molecule has 148 valence electrons. The Morgan fingerprint density at radius 1 is 1.11 bits per heavy atom. The monoisotopic (exact) mass is 396 g/mol. The van der Waals surface area contributed by atoms with Crippen molar-refractivity contribution in [1.29, 1.82) is 0 Å². The summed E-state index contributed by atoms with van der Waals surface area (Å²) in [5.41, 5.74) is 3.32. The van der Waals surface area contributed by atoms with Crippen molar-refractivity contribution < 1.29 is 9.13 Å². The number of allylic oxidation sites excluding steroid dienone is 1. The van der Waals surface area contributed by atoms with Crippen molar-refractivity contribution in [3.63, 3.8) is 0 Å². The Bertz CT molecular complexity index is 888. The molecule has 0 amide bonds. The summed E-state index contributed by atoms with van der Waals surface area (Å²) in [5, 5.41) is 0.584. The fourth-order valence-corrected chi connectivity index (χ4v) is 5.63. The maximum Gasteiger partial charge on any atom is 0.123 e. The van der Waals surface area contributed by atoms with E-state index in [2.05, 4.69) is 51.6 Å². The maximum atomic E-state index is 13.5. The lowest BCUT2D eigenvalue weighted by atomic mass is 9.76. The second-order valence-electron chi connectivity index (χ2n) is 8.94. The highest BCUT2D eigenvalue weighted by atomic mass is 32.2. The Labute approximate surface area is 172 Å². The van der Waals surface area contributed by atoms with Gasteiger partial charge in [-0.15, -0.1) is 11.8 Å². The number of hydrogen-bond donors (Lipinski definition) is 0. The first-order chi connectivity index (χ1) is 13.3. The molecular weight excluding hydrogens is 367 g/mol. The molecule has 2 aromatic rings. The zero-order valence-electron chi connectivity index (χ0n) is 17.1. The standard InChI is InChI=1S/C25H29FOS/c1-17(2)28-22-8-5-19(6-9-22)18(3)24(4)13-14-25(16-24)12-11-20-15-21(26)7-10-23(20)27-25/h5-10,15,17H,3,11-14,16H2,1-2,4H3. The summed E-state index contributed by atoms with van der Waals surface area (Å²) < 4.78 is 20.0. The molecule has 1 heterocycles. The molecule has 0 saturated heterocycles. The number of thioether (sulfide) groups is 1. The molecule has 3 heteroatoms. The van der Waals surface area contributed by atoms with Gasteiger partial charge in [-0.05, 0) is 84.6 Å². The van der Waals surface area contributed by atoms with E-state index in [1.54, 1.807) is 12.1 Å². The molecule has 1 aliphatic carbocycles. The number of halogens is 1. The van der Waals surface area contributed by atoms with Crippen molar-refractivity contribution in [2.75, 3.05) is 0 Å². The molecule has 2 unspecified atom stereocenters. The first-order valence-corrected chi connectivity index (χ1v) is 11.1.